The van der Waals surface area contributed by atoms with E-state index in [-0.39, 0.29) is 11.4 Å². The molecule has 2 aromatic rings. The average molecular weight is 286 g/mol. The third kappa shape index (κ3) is 2.48. The number of benzene rings is 1. The molecule has 0 saturated heterocycles. The molecule has 1 heterocycles. The minimum Gasteiger partial charge on any atom is -0.296 e. The van der Waals surface area contributed by atoms with Crippen LogP contribution < -0.4 is 0 Å². The van der Waals surface area contributed by atoms with Gasteiger partial charge in [0.25, 0.3) is 5.69 Å². The van der Waals surface area contributed by atoms with Gasteiger partial charge in [0, 0.05) is 6.07 Å². The lowest BCUT2D eigenvalue weighted by atomic mass is 10.1. The standard InChI is InChI=1S/C10H5F3N4O3/c11-10(12,13)6-1-2-8(9(3-6)17(19)20)16-14-4-7(5-18)15-16/h1-5H. The van der Waals surface area contributed by atoms with E-state index in [9.17, 15) is 28.1 Å². The molecule has 0 saturated carbocycles. The molecule has 1 aromatic heterocycles. The van der Waals surface area contributed by atoms with Crippen LogP contribution in [0.1, 0.15) is 16.1 Å². The number of hydrogen-bond donors (Lipinski definition) is 0. The van der Waals surface area contributed by atoms with Crippen molar-refractivity contribution >= 4 is 12.0 Å². The monoisotopic (exact) mass is 286 g/mol. The van der Waals surface area contributed by atoms with Crippen LogP contribution in [-0.2, 0) is 6.18 Å². The van der Waals surface area contributed by atoms with E-state index in [1.807, 2.05) is 0 Å². The first-order valence-electron chi connectivity index (χ1n) is 5.06. The molecule has 0 aliphatic rings. The molecule has 2 rings (SSSR count). The lowest BCUT2D eigenvalue weighted by molar-refractivity contribution is -0.384. The number of nitro groups is 1. The van der Waals surface area contributed by atoms with Gasteiger partial charge in [-0.15, -0.1) is 9.90 Å². The van der Waals surface area contributed by atoms with E-state index in [1.54, 1.807) is 0 Å². The molecule has 0 radical (unpaired) electrons. The van der Waals surface area contributed by atoms with Crippen molar-refractivity contribution in [1.82, 2.24) is 15.0 Å². The van der Waals surface area contributed by atoms with Crippen molar-refractivity contribution in [1.29, 1.82) is 0 Å². The molecule has 10 heteroatoms. The number of alkyl halides is 3. The molecule has 0 aliphatic carbocycles. The molecule has 7 nitrogen and oxygen atoms in total. The van der Waals surface area contributed by atoms with Crippen molar-refractivity contribution in [3.05, 3.63) is 45.8 Å². The van der Waals surface area contributed by atoms with E-state index >= 15 is 0 Å². The molecule has 1 aromatic carbocycles. The Bertz CT molecular complexity index is 681. The third-order valence-electron chi connectivity index (χ3n) is 2.35. The van der Waals surface area contributed by atoms with Gasteiger partial charge in [-0.05, 0) is 12.1 Å². The van der Waals surface area contributed by atoms with Gasteiger partial charge in [-0.25, -0.2) is 0 Å². The Hall–Kier alpha value is -2.78. The highest BCUT2D eigenvalue weighted by atomic mass is 19.4. The molecule has 0 spiro atoms. The molecule has 0 fully saturated rings. The Morgan fingerprint density at radius 2 is 2.05 bits per heavy atom. The van der Waals surface area contributed by atoms with Crippen LogP contribution in [0.15, 0.2) is 24.4 Å². The Labute approximate surface area is 108 Å². The summed E-state index contributed by atoms with van der Waals surface area (Å²) < 4.78 is 37.6. The number of carbonyl (C=O) groups excluding carboxylic acids is 1. The maximum atomic E-state index is 12.5. The number of aldehydes is 1. The number of carbonyl (C=O) groups is 1. The normalized spacial score (nSPS) is 11.3. The van der Waals surface area contributed by atoms with Gasteiger partial charge in [-0.2, -0.15) is 18.3 Å². The van der Waals surface area contributed by atoms with E-state index in [4.69, 9.17) is 0 Å². The second-order valence-corrected chi connectivity index (χ2v) is 3.64. The lowest BCUT2D eigenvalue weighted by Crippen LogP contribution is -2.09. The minimum absolute atomic E-state index is 0.0980. The van der Waals surface area contributed by atoms with Crippen molar-refractivity contribution in [3.8, 4) is 5.69 Å². The summed E-state index contributed by atoms with van der Waals surface area (Å²) in [6.07, 6.45) is -3.30. The van der Waals surface area contributed by atoms with Crippen molar-refractivity contribution in [2.45, 2.75) is 6.18 Å². The van der Waals surface area contributed by atoms with E-state index in [0.29, 0.717) is 18.4 Å². The number of hydrogen-bond acceptors (Lipinski definition) is 5. The van der Waals surface area contributed by atoms with Crippen molar-refractivity contribution in [2.24, 2.45) is 0 Å². The van der Waals surface area contributed by atoms with Gasteiger partial charge in [-0.3, -0.25) is 14.9 Å². The fourth-order valence-electron chi connectivity index (χ4n) is 1.46. The van der Waals surface area contributed by atoms with E-state index in [1.165, 1.54) is 0 Å². The fourth-order valence-corrected chi connectivity index (χ4v) is 1.46. The molecular formula is C10H5F3N4O3. The second-order valence-electron chi connectivity index (χ2n) is 3.64. The number of halogens is 3. The van der Waals surface area contributed by atoms with Gasteiger partial charge in [0.15, 0.2) is 12.0 Å². The summed E-state index contributed by atoms with van der Waals surface area (Å²) in [5, 5.41) is 18.0. The van der Waals surface area contributed by atoms with Crippen LogP contribution in [-0.4, -0.2) is 26.2 Å². The van der Waals surface area contributed by atoms with Crippen LogP contribution in [0.4, 0.5) is 18.9 Å². The molecule has 20 heavy (non-hydrogen) atoms. The van der Waals surface area contributed by atoms with E-state index in [0.717, 1.165) is 17.1 Å². The van der Waals surface area contributed by atoms with Crippen LogP contribution in [0.5, 0.6) is 0 Å². The summed E-state index contributed by atoms with van der Waals surface area (Å²) in [7, 11) is 0. The molecule has 0 atom stereocenters. The van der Waals surface area contributed by atoms with Gasteiger partial charge in [0.1, 0.15) is 5.69 Å². The Morgan fingerprint density at radius 1 is 1.35 bits per heavy atom. The molecule has 104 valence electrons. The average Bonchev–Trinajstić information content (AvgIpc) is 2.85. The number of rotatable bonds is 3. The van der Waals surface area contributed by atoms with Gasteiger partial charge >= 0.3 is 6.18 Å². The predicted molar refractivity (Wildman–Crippen MR) is 58.4 cm³/mol. The van der Waals surface area contributed by atoms with Crippen molar-refractivity contribution in [2.75, 3.05) is 0 Å². The topological polar surface area (TPSA) is 90.9 Å². The van der Waals surface area contributed by atoms with E-state index < -0.39 is 22.4 Å². The van der Waals surface area contributed by atoms with E-state index in [2.05, 4.69) is 10.2 Å². The zero-order valence-electron chi connectivity index (χ0n) is 9.53. The van der Waals surface area contributed by atoms with Crippen LogP contribution in [0.2, 0.25) is 0 Å². The van der Waals surface area contributed by atoms with Gasteiger partial charge in [0.05, 0.1) is 16.7 Å². The number of nitrogens with zero attached hydrogens (tertiary/aromatic N) is 4. The van der Waals surface area contributed by atoms with Gasteiger partial charge in [0.2, 0.25) is 0 Å². The largest absolute Gasteiger partial charge is 0.416 e. The van der Waals surface area contributed by atoms with Crippen LogP contribution in [0, 0.1) is 10.1 Å². The minimum atomic E-state index is -4.70. The van der Waals surface area contributed by atoms with Gasteiger partial charge in [-0.1, -0.05) is 0 Å². The SMILES string of the molecule is O=Cc1cnn(-c2ccc(C(F)(F)F)cc2[N+](=O)[O-])n1. The molecule has 0 aliphatic heterocycles. The molecule has 0 bridgehead atoms. The highest BCUT2D eigenvalue weighted by Gasteiger charge is 2.33. The zero-order valence-corrected chi connectivity index (χ0v) is 9.53. The Morgan fingerprint density at radius 3 is 2.55 bits per heavy atom. The number of nitro benzene ring substituents is 1. The Kier molecular flexibility index (Phi) is 3.22. The summed E-state index contributed by atoms with van der Waals surface area (Å²) in [5.74, 6) is 0. The first-order valence-corrected chi connectivity index (χ1v) is 5.06. The second kappa shape index (κ2) is 4.72. The maximum Gasteiger partial charge on any atom is 0.416 e. The first-order chi connectivity index (χ1) is 9.32. The maximum absolute atomic E-state index is 12.5. The highest BCUT2D eigenvalue weighted by Crippen LogP contribution is 2.33. The Balaban J connectivity index is 2.58. The lowest BCUT2D eigenvalue weighted by Gasteiger charge is -2.08. The highest BCUT2D eigenvalue weighted by molar-refractivity contribution is 5.70. The summed E-state index contributed by atoms with van der Waals surface area (Å²) in [6.45, 7) is 0. The van der Waals surface area contributed by atoms with Crippen LogP contribution in [0.3, 0.4) is 0 Å². The molecular weight excluding hydrogens is 281 g/mol. The quantitative estimate of drug-likeness (QED) is 0.489. The summed E-state index contributed by atoms with van der Waals surface area (Å²) in [6, 6.07) is 1.93. The molecule has 0 unspecified atom stereocenters. The molecule has 0 N–H and O–H groups in total. The zero-order chi connectivity index (χ0) is 14.9. The van der Waals surface area contributed by atoms with Crippen LogP contribution >= 0.6 is 0 Å². The van der Waals surface area contributed by atoms with Crippen LogP contribution in [0.25, 0.3) is 5.69 Å². The number of aromatic nitrogens is 3. The van der Waals surface area contributed by atoms with Crippen molar-refractivity contribution < 1.29 is 22.9 Å². The summed E-state index contributed by atoms with van der Waals surface area (Å²) in [5.41, 5.74) is -2.33. The van der Waals surface area contributed by atoms with Gasteiger partial charge < -0.3 is 0 Å². The predicted octanol–water partition coefficient (Wildman–Crippen LogP) is 2.01. The molecule has 0 amide bonds. The summed E-state index contributed by atoms with van der Waals surface area (Å²) >= 11 is 0. The smallest absolute Gasteiger partial charge is 0.296 e. The first kappa shape index (κ1) is 13.6. The fraction of sp³-hybridized carbons (Fsp3) is 0.100. The third-order valence-corrected chi connectivity index (χ3v) is 2.35. The summed E-state index contributed by atoms with van der Waals surface area (Å²) in [4.78, 5) is 21.1. The van der Waals surface area contributed by atoms with Crippen molar-refractivity contribution in [3.63, 3.8) is 0 Å².